The van der Waals surface area contributed by atoms with Gasteiger partial charge in [-0.2, -0.15) is 0 Å². The summed E-state index contributed by atoms with van der Waals surface area (Å²) in [6.07, 6.45) is 0.921. The van der Waals surface area contributed by atoms with Crippen LogP contribution in [0, 0.1) is 0 Å². The van der Waals surface area contributed by atoms with Gasteiger partial charge in [0, 0.05) is 13.0 Å². The summed E-state index contributed by atoms with van der Waals surface area (Å²) < 4.78 is 3.82. The molecule has 0 fully saturated rings. The zero-order chi connectivity index (χ0) is 15.7. The summed E-state index contributed by atoms with van der Waals surface area (Å²) in [5.74, 6) is -1.29. The van der Waals surface area contributed by atoms with E-state index in [9.17, 15) is 14.7 Å². The van der Waals surface area contributed by atoms with Gasteiger partial charge in [0.2, 0.25) is 0 Å². The number of aromatic nitrogens is 2. The van der Waals surface area contributed by atoms with Crippen molar-refractivity contribution in [2.75, 3.05) is 0 Å². The normalized spacial score (nSPS) is 17.1. The lowest BCUT2D eigenvalue weighted by Crippen LogP contribution is -2.48. The minimum absolute atomic E-state index is 0.297. The number of carbonyl (C=O) groups is 2. The molecule has 0 bridgehead atoms. The molecule has 3 rings (SSSR count). The second-order valence-corrected chi connectivity index (χ2v) is 5.92. The molecule has 1 atom stereocenters. The van der Waals surface area contributed by atoms with E-state index in [1.807, 2.05) is 31.2 Å². The van der Waals surface area contributed by atoms with Crippen LogP contribution in [-0.2, 0) is 24.2 Å². The van der Waals surface area contributed by atoms with Crippen LogP contribution in [0.4, 0.5) is 0 Å². The minimum Gasteiger partial charge on any atom is -0.480 e. The lowest BCUT2D eigenvalue weighted by molar-refractivity contribution is -0.142. The number of carboxylic acids is 1. The highest BCUT2D eigenvalue weighted by atomic mass is 32.1. The van der Waals surface area contributed by atoms with E-state index in [0.29, 0.717) is 30.0 Å². The first-order valence-electron chi connectivity index (χ1n) is 7.03. The molecule has 0 radical (unpaired) electrons. The first kappa shape index (κ1) is 14.6. The average Bonchev–Trinajstić information content (AvgIpc) is 3.01. The quantitative estimate of drug-likeness (QED) is 0.932. The van der Waals surface area contributed by atoms with Crippen molar-refractivity contribution < 1.29 is 14.7 Å². The summed E-state index contributed by atoms with van der Waals surface area (Å²) in [4.78, 5) is 26.2. The molecule has 6 nitrogen and oxygen atoms in total. The van der Waals surface area contributed by atoms with Crippen LogP contribution in [0.2, 0.25) is 0 Å². The van der Waals surface area contributed by atoms with Gasteiger partial charge < -0.3 is 10.0 Å². The third-order valence-corrected chi connectivity index (χ3v) is 4.64. The molecule has 0 spiro atoms. The molecular formula is C15H15N3O3S. The van der Waals surface area contributed by atoms with E-state index in [1.54, 1.807) is 0 Å². The first-order chi connectivity index (χ1) is 10.6. The number of hydrogen-bond acceptors (Lipinski definition) is 5. The molecule has 2 heterocycles. The van der Waals surface area contributed by atoms with Gasteiger partial charge >= 0.3 is 5.97 Å². The Labute approximate surface area is 131 Å². The Morgan fingerprint density at radius 3 is 2.77 bits per heavy atom. The van der Waals surface area contributed by atoms with Gasteiger partial charge in [0.05, 0.1) is 5.69 Å². The number of rotatable bonds is 3. The summed E-state index contributed by atoms with van der Waals surface area (Å²) in [5, 5.41) is 13.4. The molecule has 0 saturated heterocycles. The van der Waals surface area contributed by atoms with Crippen LogP contribution in [0.1, 0.15) is 33.4 Å². The third-order valence-electron chi connectivity index (χ3n) is 3.88. The van der Waals surface area contributed by atoms with Gasteiger partial charge in [-0.25, -0.2) is 4.79 Å². The molecule has 1 unspecified atom stereocenters. The standard InChI is InChI=1S/C15H15N3O3S/c1-2-11-13(22-17-16-11)14(19)18-8-10-6-4-3-5-9(10)7-12(18)15(20)21/h3-6,12H,2,7-8H2,1H3,(H,20,21). The summed E-state index contributed by atoms with van der Waals surface area (Å²) in [7, 11) is 0. The molecule has 7 heteroatoms. The molecule has 1 aliphatic rings. The zero-order valence-electron chi connectivity index (χ0n) is 12.0. The maximum absolute atomic E-state index is 12.8. The van der Waals surface area contributed by atoms with Gasteiger partial charge in [-0.1, -0.05) is 35.7 Å². The van der Waals surface area contributed by atoms with Crippen LogP contribution in [0.3, 0.4) is 0 Å². The summed E-state index contributed by atoms with van der Waals surface area (Å²) in [6, 6.07) is 6.78. The summed E-state index contributed by atoms with van der Waals surface area (Å²) in [5.41, 5.74) is 2.60. The maximum atomic E-state index is 12.8. The highest BCUT2D eigenvalue weighted by molar-refractivity contribution is 7.08. The van der Waals surface area contributed by atoms with Crippen LogP contribution in [0.5, 0.6) is 0 Å². The predicted octanol–water partition coefficient (Wildman–Crippen LogP) is 1.75. The Balaban J connectivity index is 1.97. The van der Waals surface area contributed by atoms with E-state index in [0.717, 1.165) is 22.7 Å². The number of carboxylic acid groups (broad SMARTS) is 1. The van der Waals surface area contributed by atoms with Gasteiger partial charge in [-0.3, -0.25) is 4.79 Å². The van der Waals surface area contributed by atoms with Crippen LogP contribution >= 0.6 is 11.5 Å². The van der Waals surface area contributed by atoms with E-state index in [1.165, 1.54) is 4.90 Å². The van der Waals surface area contributed by atoms with E-state index in [4.69, 9.17) is 0 Å². The molecule has 1 N–H and O–H groups in total. The smallest absolute Gasteiger partial charge is 0.326 e. The van der Waals surface area contributed by atoms with Gasteiger partial charge in [0.1, 0.15) is 10.9 Å². The Bertz CT molecular complexity index is 728. The van der Waals surface area contributed by atoms with Gasteiger partial charge in [-0.05, 0) is 29.1 Å². The zero-order valence-corrected chi connectivity index (χ0v) is 12.8. The molecule has 1 aromatic carbocycles. The Morgan fingerprint density at radius 1 is 1.36 bits per heavy atom. The number of benzene rings is 1. The molecule has 1 aromatic heterocycles. The Morgan fingerprint density at radius 2 is 2.09 bits per heavy atom. The fraction of sp³-hybridized carbons (Fsp3) is 0.333. The molecule has 0 saturated carbocycles. The van der Waals surface area contributed by atoms with Crippen molar-refractivity contribution in [3.63, 3.8) is 0 Å². The van der Waals surface area contributed by atoms with Crippen molar-refractivity contribution in [3.05, 3.63) is 46.0 Å². The lowest BCUT2D eigenvalue weighted by Gasteiger charge is -2.34. The topological polar surface area (TPSA) is 83.4 Å². The summed E-state index contributed by atoms with van der Waals surface area (Å²) >= 11 is 1.03. The highest BCUT2D eigenvalue weighted by Gasteiger charge is 2.36. The average molecular weight is 317 g/mol. The molecule has 22 heavy (non-hydrogen) atoms. The molecule has 114 valence electrons. The molecule has 0 aliphatic carbocycles. The van der Waals surface area contributed by atoms with Gasteiger partial charge in [0.15, 0.2) is 0 Å². The number of hydrogen-bond donors (Lipinski definition) is 1. The van der Waals surface area contributed by atoms with Gasteiger partial charge in [0.25, 0.3) is 5.91 Å². The second-order valence-electron chi connectivity index (χ2n) is 5.16. The number of aliphatic carboxylic acids is 1. The fourth-order valence-electron chi connectivity index (χ4n) is 2.69. The number of aryl methyl sites for hydroxylation is 1. The molecule has 2 aromatic rings. The number of amides is 1. The van der Waals surface area contributed by atoms with Crippen LogP contribution < -0.4 is 0 Å². The highest BCUT2D eigenvalue weighted by Crippen LogP contribution is 2.26. The van der Waals surface area contributed by atoms with E-state index in [-0.39, 0.29) is 5.91 Å². The third kappa shape index (κ3) is 2.48. The molecular weight excluding hydrogens is 302 g/mol. The minimum atomic E-state index is -0.988. The summed E-state index contributed by atoms with van der Waals surface area (Å²) in [6.45, 7) is 2.20. The van der Waals surface area contributed by atoms with E-state index < -0.39 is 12.0 Å². The van der Waals surface area contributed by atoms with Crippen molar-refractivity contribution in [3.8, 4) is 0 Å². The largest absolute Gasteiger partial charge is 0.480 e. The van der Waals surface area contributed by atoms with Gasteiger partial charge in [-0.15, -0.1) is 5.10 Å². The van der Waals surface area contributed by atoms with Crippen molar-refractivity contribution in [1.82, 2.24) is 14.5 Å². The van der Waals surface area contributed by atoms with E-state index in [2.05, 4.69) is 9.59 Å². The molecule has 1 aliphatic heterocycles. The molecule has 1 amide bonds. The van der Waals surface area contributed by atoms with Crippen LogP contribution in [-0.4, -0.2) is 37.5 Å². The van der Waals surface area contributed by atoms with E-state index >= 15 is 0 Å². The first-order valence-corrected chi connectivity index (χ1v) is 7.81. The monoisotopic (exact) mass is 317 g/mol. The van der Waals surface area contributed by atoms with Crippen molar-refractivity contribution in [1.29, 1.82) is 0 Å². The lowest BCUT2D eigenvalue weighted by atomic mass is 9.93. The van der Waals surface area contributed by atoms with Crippen molar-refractivity contribution >= 4 is 23.4 Å². The van der Waals surface area contributed by atoms with Crippen LogP contribution in [0.25, 0.3) is 0 Å². The number of nitrogens with zero attached hydrogens (tertiary/aromatic N) is 3. The fourth-order valence-corrected chi connectivity index (χ4v) is 3.40. The van der Waals surface area contributed by atoms with Crippen molar-refractivity contribution in [2.45, 2.75) is 32.4 Å². The maximum Gasteiger partial charge on any atom is 0.326 e. The number of fused-ring (bicyclic) bond motifs is 1. The SMILES string of the molecule is CCc1nnsc1C(=O)N1Cc2ccccc2CC1C(=O)O. The Hall–Kier alpha value is -2.28. The number of carbonyl (C=O) groups excluding carboxylic acids is 1. The second kappa shape index (κ2) is 5.84. The van der Waals surface area contributed by atoms with Crippen molar-refractivity contribution in [2.24, 2.45) is 0 Å². The Kier molecular flexibility index (Phi) is 3.89. The predicted molar refractivity (Wildman–Crippen MR) is 80.7 cm³/mol. The van der Waals surface area contributed by atoms with Crippen LogP contribution in [0.15, 0.2) is 24.3 Å².